The lowest BCUT2D eigenvalue weighted by molar-refractivity contribution is 0.266. The van der Waals surface area contributed by atoms with E-state index in [1.807, 2.05) is 6.07 Å². The molecular formula is C7H6NO2. The van der Waals surface area contributed by atoms with Crippen molar-refractivity contribution in [1.82, 2.24) is 4.98 Å². The van der Waals surface area contributed by atoms with Crippen molar-refractivity contribution in [2.75, 3.05) is 0 Å². The van der Waals surface area contributed by atoms with E-state index in [1.54, 1.807) is 18.5 Å². The van der Waals surface area contributed by atoms with Gasteiger partial charge in [-0.1, -0.05) is 6.07 Å². The fourth-order valence-corrected chi connectivity index (χ4v) is 0.596. The number of ether oxygens (including phenoxy) is 1. The van der Waals surface area contributed by atoms with Gasteiger partial charge in [-0.15, -0.1) is 0 Å². The Bertz CT molecular complexity index is 198. The van der Waals surface area contributed by atoms with Crippen molar-refractivity contribution in [1.29, 1.82) is 0 Å². The van der Waals surface area contributed by atoms with E-state index in [0.29, 0.717) is 0 Å². The molecule has 1 rings (SSSR count). The van der Waals surface area contributed by atoms with Crippen molar-refractivity contribution in [2.24, 2.45) is 0 Å². The Hall–Kier alpha value is -1.38. The van der Waals surface area contributed by atoms with E-state index in [4.69, 9.17) is 0 Å². The molecule has 1 aromatic heterocycles. The van der Waals surface area contributed by atoms with E-state index in [0.717, 1.165) is 5.56 Å². The van der Waals surface area contributed by atoms with E-state index >= 15 is 0 Å². The quantitative estimate of drug-likeness (QED) is 0.612. The summed E-state index contributed by atoms with van der Waals surface area (Å²) in [6.45, 7) is 1.59. The van der Waals surface area contributed by atoms with Crippen LogP contribution in [-0.4, -0.2) is 11.5 Å². The summed E-state index contributed by atoms with van der Waals surface area (Å²) in [5, 5.41) is 0. The van der Waals surface area contributed by atoms with E-state index < -0.39 is 0 Å². The van der Waals surface area contributed by atoms with Gasteiger partial charge >= 0.3 is 6.47 Å². The van der Waals surface area contributed by atoms with Crippen molar-refractivity contribution in [2.45, 2.75) is 6.61 Å². The third kappa shape index (κ3) is 1.85. The minimum Gasteiger partial charge on any atom is -0.452 e. The molecule has 0 aromatic carbocycles. The molecule has 0 saturated heterocycles. The van der Waals surface area contributed by atoms with Crippen molar-refractivity contribution < 1.29 is 9.53 Å². The smallest absolute Gasteiger partial charge is 0.417 e. The van der Waals surface area contributed by atoms with Crippen LogP contribution < -0.4 is 0 Å². The Morgan fingerprint density at radius 1 is 1.70 bits per heavy atom. The SMILES string of the molecule is O=[C]OCc1cccnc1. The van der Waals surface area contributed by atoms with Crippen LogP contribution in [0.3, 0.4) is 0 Å². The summed E-state index contributed by atoms with van der Waals surface area (Å²) in [5.74, 6) is 0. The second kappa shape index (κ2) is 3.61. The number of aromatic nitrogens is 1. The lowest BCUT2D eigenvalue weighted by Gasteiger charge is -1.94. The second-order valence-electron chi connectivity index (χ2n) is 1.73. The normalized spacial score (nSPS) is 8.80. The number of pyridine rings is 1. The van der Waals surface area contributed by atoms with Gasteiger partial charge in [0.1, 0.15) is 6.61 Å². The fourth-order valence-electron chi connectivity index (χ4n) is 0.596. The standard InChI is InChI=1S/C7H6NO2/c9-6-10-5-7-2-1-3-8-4-7/h1-4H,5H2. The number of hydrogen-bond acceptors (Lipinski definition) is 3. The molecule has 10 heavy (non-hydrogen) atoms. The summed E-state index contributed by atoms with van der Waals surface area (Å²) in [5.41, 5.74) is 0.867. The zero-order valence-corrected chi connectivity index (χ0v) is 5.28. The Morgan fingerprint density at radius 2 is 2.60 bits per heavy atom. The highest BCUT2D eigenvalue weighted by Gasteiger charge is 1.89. The third-order valence-corrected chi connectivity index (χ3v) is 1.02. The van der Waals surface area contributed by atoms with Crippen molar-refractivity contribution in [3.63, 3.8) is 0 Å². The monoisotopic (exact) mass is 136 g/mol. The maximum absolute atomic E-state index is 9.61. The van der Waals surface area contributed by atoms with E-state index in [-0.39, 0.29) is 6.61 Å². The third-order valence-electron chi connectivity index (χ3n) is 1.02. The maximum atomic E-state index is 9.61. The molecule has 0 aliphatic heterocycles. The highest BCUT2D eigenvalue weighted by Crippen LogP contribution is 1.95. The molecule has 3 heteroatoms. The summed E-state index contributed by atoms with van der Waals surface area (Å²) < 4.78 is 4.37. The molecule has 0 N–H and O–H groups in total. The van der Waals surface area contributed by atoms with Gasteiger partial charge in [-0.25, -0.2) is 4.79 Å². The molecule has 3 nitrogen and oxygen atoms in total. The molecule has 0 bridgehead atoms. The Kier molecular flexibility index (Phi) is 2.43. The predicted molar refractivity (Wildman–Crippen MR) is 34.7 cm³/mol. The highest BCUT2D eigenvalue weighted by molar-refractivity contribution is 5.38. The predicted octanol–water partition coefficient (Wildman–Crippen LogP) is 0.665. The molecule has 1 heterocycles. The zero-order chi connectivity index (χ0) is 7.23. The van der Waals surface area contributed by atoms with Crippen LogP contribution >= 0.6 is 0 Å². The van der Waals surface area contributed by atoms with E-state index in [9.17, 15) is 4.79 Å². The second-order valence-corrected chi connectivity index (χ2v) is 1.73. The van der Waals surface area contributed by atoms with Crippen LogP contribution in [0.5, 0.6) is 0 Å². The molecule has 0 amide bonds. The summed E-state index contributed by atoms with van der Waals surface area (Å²) in [7, 11) is 0. The molecule has 0 unspecified atom stereocenters. The Balaban J connectivity index is 2.50. The summed E-state index contributed by atoms with van der Waals surface area (Å²) in [6.07, 6.45) is 3.30. The molecule has 0 fully saturated rings. The van der Waals surface area contributed by atoms with Crippen LogP contribution in [0, 0.1) is 0 Å². The number of nitrogens with zero attached hydrogens (tertiary/aromatic N) is 1. The first-order valence-electron chi connectivity index (χ1n) is 2.81. The van der Waals surface area contributed by atoms with Gasteiger partial charge in [0, 0.05) is 18.0 Å². The van der Waals surface area contributed by atoms with Crippen LogP contribution in [0.1, 0.15) is 5.56 Å². The summed E-state index contributed by atoms with van der Waals surface area (Å²) in [6, 6.07) is 3.60. The average Bonchev–Trinajstić information content (AvgIpc) is 2.03. The molecular weight excluding hydrogens is 130 g/mol. The van der Waals surface area contributed by atoms with Gasteiger partial charge < -0.3 is 4.74 Å². The van der Waals surface area contributed by atoms with Crippen molar-refractivity contribution in [3.8, 4) is 0 Å². The van der Waals surface area contributed by atoms with E-state index in [1.165, 1.54) is 6.47 Å². The Labute approximate surface area is 58.7 Å². The van der Waals surface area contributed by atoms with Crippen LogP contribution in [0.4, 0.5) is 0 Å². The van der Waals surface area contributed by atoms with Gasteiger partial charge in [-0.3, -0.25) is 4.98 Å². The van der Waals surface area contributed by atoms with Crippen LogP contribution in [0.2, 0.25) is 0 Å². The molecule has 0 saturated carbocycles. The van der Waals surface area contributed by atoms with Crippen LogP contribution in [0.15, 0.2) is 24.5 Å². The topological polar surface area (TPSA) is 39.2 Å². The van der Waals surface area contributed by atoms with Gasteiger partial charge in [-0.05, 0) is 6.07 Å². The first kappa shape index (κ1) is 6.74. The number of hydrogen-bond donors (Lipinski definition) is 0. The lowest BCUT2D eigenvalue weighted by Crippen LogP contribution is -1.89. The molecule has 1 radical (unpaired) electrons. The largest absolute Gasteiger partial charge is 0.452 e. The van der Waals surface area contributed by atoms with Gasteiger partial charge in [-0.2, -0.15) is 0 Å². The van der Waals surface area contributed by atoms with Crippen molar-refractivity contribution >= 4 is 6.47 Å². The molecule has 0 aliphatic rings. The first-order valence-corrected chi connectivity index (χ1v) is 2.81. The molecule has 1 aromatic rings. The fraction of sp³-hybridized carbons (Fsp3) is 0.143. The highest BCUT2D eigenvalue weighted by atomic mass is 16.5. The van der Waals surface area contributed by atoms with Gasteiger partial charge in [0.15, 0.2) is 0 Å². The zero-order valence-electron chi connectivity index (χ0n) is 5.28. The number of rotatable bonds is 3. The minimum absolute atomic E-state index is 0.247. The maximum Gasteiger partial charge on any atom is 0.417 e. The summed E-state index contributed by atoms with van der Waals surface area (Å²) in [4.78, 5) is 13.4. The molecule has 51 valence electrons. The molecule has 0 aliphatic carbocycles. The first-order chi connectivity index (χ1) is 4.93. The Morgan fingerprint density at radius 3 is 3.20 bits per heavy atom. The van der Waals surface area contributed by atoms with Crippen LogP contribution in [0.25, 0.3) is 0 Å². The van der Waals surface area contributed by atoms with Crippen LogP contribution in [-0.2, 0) is 16.1 Å². The van der Waals surface area contributed by atoms with Gasteiger partial charge in [0.25, 0.3) is 0 Å². The lowest BCUT2D eigenvalue weighted by atomic mass is 10.3. The van der Waals surface area contributed by atoms with E-state index in [2.05, 4.69) is 9.72 Å². The average molecular weight is 136 g/mol. The summed E-state index contributed by atoms with van der Waals surface area (Å²) >= 11 is 0. The molecule has 0 spiro atoms. The van der Waals surface area contributed by atoms with Gasteiger partial charge in [0.05, 0.1) is 0 Å². The van der Waals surface area contributed by atoms with Crippen molar-refractivity contribution in [3.05, 3.63) is 30.1 Å². The van der Waals surface area contributed by atoms with Gasteiger partial charge in [0.2, 0.25) is 0 Å². The number of carbonyl (C=O) groups excluding carboxylic acids is 1. The molecule has 0 atom stereocenters. The minimum atomic E-state index is 0.247.